The minimum Gasteiger partial charge on any atom is -0.504 e. The molecule has 258 valence electrons. The van der Waals surface area contributed by atoms with E-state index in [2.05, 4.69) is 67.5 Å². The van der Waals surface area contributed by atoms with E-state index >= 15 is 0 Å². The fourth-order valence-electron chi connectivity index (χ4n) is 5.11. The molecule has 3 rings (SSSR count). The SMILES string of the molecule is CCC1CCCCC1.CCC1CCCCC1.CCCCC.CCCCC.CCCCN(C)C.Cc1cc(O)c(O)c(O)c1. The number of phenols is 3. The molecule has 0 unspecified atom stereocenters. The first-order valence-corrected chi connectivity index (χ1v) is 18.4. The van der Waals surface area contributed by atoms with Crippen molar-refractivity contribution in [2.45, 2.75) is 184 Å². The summed E-state index contributed by atoms with van der Waals surface area (Å²) in [5.41, 5.74) is 0.702. The van der Waals surface area contributed by atoms with E-state index in [1.54, 1.807) is 6.92 Å². The van der Waals surface area contributed by atoms with Gasteiger partial charge in [-0.2, -0.15) is 0 Å². The van der Waals surface area contributed by atoms with Gasteiger partial charge >= 0.3 is 0 Å². The van der Waals surface area contributed by atoms with Crippen LogP contribution in [0.5, 0.6) is 17.2 Å². The minimum absolute atomic E-state index is 0.294. The van der Waals surface area contributed by atoms with Crippen LogP contribution in [0.1, 0.15) is 182 Å². The third-order valence-electron chi connectivity index (χ3n) is 8.19. The second-order valence-electron chi connectivity index (χ2n) is 12.8. The van der Waals surface area contributed by atoms with Crippen LogP contribution in [0.2, 0.25) is 0 Å². The van der Waals surface area contributed by atoms with Gasteiger partial charge in [0.25, 0.3) is 0 Å². The van der Waals surface area contributed by atoms with Crippen molar-refractivity contribution in [1.82, 2.24) is 4.90 Å². The van der Waals surface area contributed by atoms with Crippen LogP contribution in [0.25, 0.3) is 0 Å². The average Bonchev–Trinajstić information content (AvgIpc) is 3.02. The molecule has 0 atom stereocenters. The Bertz CT molecular complexity index is 613. The Morgan fingerprint density at radius 3 is 1.07 bits per heavy atom. The van der Waals surface area contributed by atoms with Crippen LogP contribution in [-0.2, 0) is 0 Å². The van der Waals surface area contributed by atoms with Crippen LogP contribution in [0.15, 0.2) is 12.1 Å². The number of unbranched alkanes of at least 4 members (excludes halogenated alkanes) is 5. The number of aromatic hydroxyl groups is 3. The Balaban J connectivity index is -0.000000455. The van der Waals surface area contributed by atoms with Gasteiger partial charge < -0.3 is 20.2 Å². The van der Waals surface area contributed by atoms with E-state index in [-0.39, 0.29) is 11.5 Å². The van der Waals surface area contributed by atoms with Crippen LogP contribution in [0.4, 0.5) is 0 Å². The molecule has 1 aromatic carbocycles. The fourth-order valence-corrected chi connectivity index (χ4v) is 5.11. The number of hydrogen-bond acceptors (Lipinski definition) is 4. The highest BCUT2D eigenvalue weighted by atomic mass is 16.3. The standard InChI is InChI=1S/2C8H16.C7H8O3.C6H15N.2C5H12/c2*1-2-8-6-4-3-5-7-8;1-4-2-5(8)7(10)6(9)3-4;1-4-5-6-7(2)3;2*1-3-5-4-2/h2*8H,2-7H2,1H3;2-3,8-10H,1H3;4-6H2,1-3H3;2*3-5H2,1-2H3. The molecule has 1 aromatic rings. The number of benzene rings is 1. The molecule has 2 fully saturated rings. The first-order chi connectivity index (χ1) is 20.6. The molecule has 0 aliphatic heterocycles. The first-order valence-electron chi connectivity index (χ1n) is 18.4. The van der Waals surface area contributed by atoms with E-state index in [0.29, 0.717) is 5.56 Å². The lowest BCUT2D eigenvalue weighted by atomic mass is 9.88. The number of phenolic OH excluding ortho intramolecular Hbond substituents is 3. The van der Waals surface area contributed by atoms with Gasteiger partial charge in [0.05, 0.1) is 0 Å². The molecule has 0 radical (unpaired) electrons. The predicted octanol–water partition coefficient (Wildman–Crippen LogP) is 12.8. The van der Waals surface area contributed by atoms with Crippen LogP contribution < -0.4 is 0 Å². The van der Waals surface area contributed by atoms with Gasteiger partial charge in [0.1, 0.15) is 0 Å². The van der Waals surface area contributed by atoms with Crippen LogP contribution in [-0.4, -0.2) is 40.9 Å². The molecule has 2 aliphatic carbocycles. The highest BCUT2D eigenvalue weighted by molar-refractivity contribution is 5.50. The van der Waals surface area contributed by atoms with Gasteiger partial charge in [0, 0.05) is 0 Å². The summed E-state index contributed by atoms with van der Waals surface area (Å²) in [7, 11) is 4.21. The summed E-state index contributed by atoms with van der Waals surface area (Å²) in [5, 5.41) is 26.6. The van der Waals surface area contributed by atoms with E-state index in [9.17, 15) is 0 Å². The largest absolute Gasteiger partial charge is 0.504 e. The molecular weight excluding hydrogens is 530 g/mol. The summed E-state index contributed by atoms with van der Waals surface area (Å²) >= 11 is 0. The monoisotopic (exact) mass is 610 g/mol. The maximum absolute atomic E-state index is 8.87. The van der Waals surface area contributed by atoms with E-state index in [1.807, 2.05) is 0 Å². The molecule has 0 aromatic heterocycles. The van der Waals surface area contributed by atoms with Gasteiger partial charge in [-0.3, -0.25) is 0 Å². The van der Waals surface area contributed by atoms with E-state index < -0.39 is 5.75 Å². The lowest BCUT2D eigenvalue weighted by Crippen LogP contribution is -2.12. The van der Waals surface area contributed by atoms with Gasteiger partial charge in [0.15, 0.2) is 17.2 Å². The third kappa shape index (κ3) is 33.3. The number of aryl methyl sites for hydroxylation is 1. The Kier molecular flexibility index (Phi) is 37.5. The van der Waals surface area contributed by atoms with Gasteiger partial charge in [0.2, 0.25) is 0 Å². The van der Waals surface area contributed by atoms with E-state index in [4.69, 9.17) is 15.3 Å². The van der Waals surface area contributed by atoms with Crippen LogP contribution in [0.3, 0.4) is 0 Å². The highest BCUT2D eigenvalue weighted by Gasteiger charge is 2.10. The minimum atomic E-state index is -0.467. The molecule has 4 heteroatoms. The van der Waals surface area contributed by atoms with Crippen molar-refractivity contribution in [3.63, 3.8) is 0 Å². The maximum atomic E-state index is 8.87. The number of nitrogens with zero attached hydrogens (tertiary/aromatic N) is 1. The summed E-state index contributed by atoms with van der Waals surface area (Å²) in [6, 6.07) is 2.74. The van der Waals surface area contributed by atoms with Gasteiger partial charge in [-0.1, -0.05) is 170 Å². The molecule has 2 aliphatic rings. The highest BCUT2D eigenvalue weighted by Crippen LogP contribution is 2.34. The van der Waals surface area contributed by atoms with Crippen molar-refractivity contribution >= 4 is 0 Å². The molecule has 0 spiro atoms. The molecule has 0 saturated heterocycles. The number of hydrogen-bond donors (Lipinski definition) is 3. The molecule has 2 saturated carbocycles. The second kappa shape index (κ2) is 35.1. The summed E-state index contributed by atoms with van der Waals surface area (Å²) < 4.78 is 0. The van der Waals surface area contributed by atoms with Crippen LogP contribution >= 0.6 is 0 Å². The summed E-state index contributed by atoms with van der Waals surface area (Å²) in [6.45, 7) is 18.6. The third-order valence-corrected chi connectivity index (χ3v) is 8.19. The van der Waals surface area contributed by atoms with Crippen molar-refractivity contribution < 1.29 is 15.3 Å². The summed E-state index contributed by atoms with van der Waals surface area (Å²) in [4.78, 5) is 2.21. The van der Waals surface area contributed by atoms with Crippen molar-refractivity contribution in [3.8, 4) is 17.2 Å². The lowest BCUT2D eigenvalue weighted by Gasteiger charge is -2.18. The summed E-state index contributed by atoms with van der Waals surface area (Å²) in [6.07, 6.45) is 28.6. The molecule has 0 bridgehead atoms. The molecule has 0 heterocycles. The molecular formula is C39H79NO3. The lowest BCUT2D eigenvalue weighted by molar-refractivity contribution is 0.349. The second-order valence-corrected chi connectivity index (χ2v) is 12.8. The van der Waals surface area contributed by atoms with Crippen molar-refractivity contribution in [2.24, 2.45) is 11.8 Å². The smallest absolute Gasteiger partial charge is 0.200 e. The van der Waals surface area contributed by atoms with E-state index in [1.165, 1.54) is 147 Å². The Morgan fingerprint density at radius 2 is 0.884 bits per heavy atom. The normalized spacial score (nSPS) is 14.7. The maximum Gasteiger partial charge on any atom is 0.200 e. The first kappa shape index (κ1) is 46.0. The quantitative estimate of drug-likeness (QED) is 0.244. The molecule has 3 N–H and O–H groups in total. The average molecular weight is 610 g/mol. The zero-order valence-corrected chi connectivity index (χ0v) is 30.9. The van der Waals surface area contributed by atoms with Gasteiger partial charge in [-0.25, -0.2) is 0 Å². The Labute approximate surface area is 271 Å². The predicted molar refractivity (Wildman–Crippen MR) is 194 cm³/mol. The van der Waals surface area contributed by atoms with Crippen molar-refractivity contribution in [2.75, 3.05) is 20.6 Å². The molecule has 0 amide bonds. The zero-order chi connectivity index (χ0) is 33.3. The topological polar surface area (TPSA) is 63.9 Å². The van der Waals surface area contributed by atoms with E-state index in [0.717, 1.165) is 11.8 Å². The van der Waals surface area contributed by atoms with Gasteiger partial charge in [-0.15, -0.1) is 0 Å². The Morgan fingerprint density at radius 1 is 0.558 bits per heavy atom. The molecule has 4 nitrogen and oxygen atoms in total. The van der Waals surface area contributed by atoms with Crippen LogP contribution in [0, 0.1) is 18.8 Å². The summed E-state index contributed by atoms with van der Waals surface area (Å²) in [5.74, 6) is 1.12. The fraction of sp³-hybridized carbons (Fsp3) is 0.846. The van der Waals surface area contributed by atoms with Crippen molar-refractivity contribution in [3.05, 3.63) is 17.7 Å². The zero-order valence-electron chi connectivity index (χ0n) is 30.9. The Hall–Kier alpha value is -1.42. The van der Waals surface area contributed by atoms with Gasteiger partial charge in [-0.05, 0) is 63.5 Å². The number of rotatable bonds is 9. The van der Waals surface area contributed by atoms with Crippen molar-refractivity contribution in [1.29, 1.82) is 0 Å². The molecule has 43 heavy (non-hydrogen) atoms.